The summed E-state index contributed by atoms with van der Waals surface area (Å²) in [5.74, 6) is -0.248. The van der Waals surface area contributed by atoms with E-state index in [2.05, 4.69) is 10.6 Å². The Bertz CT molecular complexity index is 447. The Morgan fingerprint density at radius 3 is 2.68 bits per heavy atom. The number of amides is 2. The largest absolute Gasteiger partial charge is 0.396 e. The highest BCUT2D eigenvalue weighted by Crippen LogP contribution is 2.44. The van der Waals surface area contributed by atoms with Gasteiger partial charge in [0.2, 0.25) is 0 Å². The molecule has 3 N–H and O–H groups in total. The molecule has 0 unspecified atom stereocenters. The zero-order valence-electron chi connectivity index (χ0n) is 10.8. The fourth-order valence-electron chi connectivity index (χ4n) is 1.91. The van der Waals surface area contributed by atoms with Crippen molar-refractivity contribution in [1.82, 2.24) is 10.6 Å². The van der Waals surface area contributed by atoms with E-state index in [1.165, 1.54) is 6.07 Å². The molecule has 1 aromatic carbocycles. The van der Waals surface area contributed by atoms with E-state index in [9.17, 15) is 9.18 Å². The number of benzene rings is 1. The summed E-state index contributed by atoms with van der Waals surface area (Å²) in [4.78, 5) is 11.5. The van der Waals surface area contributed by atoms with Gasteiger partial charge in [0.25, 0.3) is 0 Å². The van der Waals surface area contributed by atoms with E-state index in [0.29, 0.717) is 25.1 Å². The smallest absolute Gasteiger partial charge is 0.314 e. The van der Waals surface area contributed by atoms with Crippen LogP contribution in [0.2, 0.25) is 0 Å². The number of carbonyl (C=O) groups is 1. The van der Waals surface area contributed by atoms with Gasteiger partial charge in [-0.25, -0.2) is 9.18 Å². The summed E-state index contributed by atoms with van der Waals surface area (Å²) in [5.41, 5.74) is 0.500. The molecule has 1 saturated carbocycles. The third-order valence-electron chi connectivity index (χ3n) is 3.55. The normalized spacial score (nSPS) is 15.9. The third kappa shape index (κ3) is 3.92. The Morgan fingerprint density at radius 1 is 1.32 bits per heavy atom. The predicted molar refractivity (Wildman–Crippen MR) is 70.3 cm³/mol. The molecular weight excluding hydrogens is 247 g/mol. The van der Waals surface area contributed by atoms with Crippen molar-refractivity contribution in [1.29, 1.82) is 0 Å². The zero-order chi connectivity index (χ0) is 13.7. The average molecular weight is 266 g/mol. The van der Waals surface area contributed by atoms with Crippen LogP contribution in [0.3, 0.4) is 0 Å². The van der Waals surface area contributed by atoms with Gasteiger partial charge >= 0.3 is 6.03 Å². The molecule has 2 amide bonds. The summed E-state index contributed by atoms with van der Waals surface area (Å²) in [7, 11) is 0. The van der Waals surface area contributed by atoms with Crippen LogP contribution in [-0.4, -0.2) is 30.8 Å². The minimum Gasteiger partial charge on any atom is -0.396 e. The van der Waals surface area contributed by atoms with Crippen molar-refractivity contribution in [2.24, 2.45) is 5.41 Å². The minimum absolute atomic E-state index is 0.0944. The number of halogens is 1. The molecule has 0 aliphatic heterocycles. The van der Waals surface area contributed by atoms with Crippen molar-refractivity contribution >= 4 is 6.03 Å². The average Bonchev–Trinajstić information content (AvgIpc) is 3.19. The fourth-order valence-corrected chi connectivity index (χ4v) is 1.91. The van der Waals surface area contributed by atoms with Crippen LogP contribution in [0, 0.1) is 11.2 Å². The van der Waals surface area contributed by atoms with Gasteiger partial charge in [-0.3, -0.25) is 0 Å². The number of urea groups is 1. The number of aliphatic hydroxyl groups is 1. The van der Waals surface area contributed by atoms with Gasteiger partial charge in [-0.05, 0) is 30.9 Å². The maximum atomic E-state index is 13.3. The van der Waals surface area contributed by atoms with Crippen molar-refractivity contribution in [2.75, 3.05) is 19.7 Å². The summed E-state index contributed by atoms with van der Waals surface area (Å²) < 4.78 is 13.3. The Hall–Kier alpha value is -1.62. The van der Waals surface area contributed by atoms with E-state index in [1.807, 2.05) is 0 Å². The molecule has 0 atom stereocenters. The number of hydrogen-bond acceptors (Lipinski definition) is 2. The molecule has 0 bridgehead atoms. The van der Waals surface area contributed by atoms with Crippen LogP contribution in [0.4, 0.5) is 9.18 Å². The Kier molecular flexibility index (Phi) is 4.37. The molecule has 0 heterocycles. The lowest BCUT2D eigenvalue weighted by Gasteiger charge is -2.13. The lowest BCUT2D eigenvalue weighted by atomic mass is 10.1. The number of aliphatic hydroxyl groups excluding tert-OH is 1. The summed E-state index contributed by atoms with van der Waals surface area (Å²) in [5, 5.41) is 14.5. The van der Waals surface area contributed by atoms with E-state index < -0.39 is 0 Å². The Balaban J connectivity index is 1.65. The van der Waals surface area contributed by atoms with Crippen LogP contribution in [-0.2, 0) is 6.42 Å². The molecule has 2 rings (SSSR count). The Morgan fingerprint density at radius 2 is 2.05 bits per heavy atom. The third-order valence-corrected chi connectivity index (χ3v) is 3.55. The van der Waals surface area contributed by atoms with Crippen LogP contribution < -0.4 is 10.6 Å². The molecule has 1 aliphatic rings. The number of rotatable bonds is 6. The van der Waals surface area contributed by atoms with E-state index in [-0.39, 0.29) is 23.9 Å². The monoisotopic (exact) mass is 266 g/mol. The van der Waals surface area contributed by atoms with Gasteiger partial charge in [0.05, 0.1) is 6.61 Å². The lowest BCUT2D eigenvalue weighted by molar-refractivity contribution is 0.203. The highest BCUT2D eigenvalue weighted by molar-refractivity contribution is 5.73. The lowest BCUT2D eigenvalue weighted by Crippen LogP contribution is -2.40. The van der Waals surface area contributed by atoms with Gasteiger partial charge in [0, 0.05) is 18.5 Å². The first-order chi connectivity index (χ1) is 9.15. The molecule has 1 aliphatic carbocycles. The molecule has 19 heavy (non-hydrogen) atoms. The molecule has 1 fully saturated rings. The number of carbonyl (C=O) groups excluding carboxylic acids is 1. The number of nitrogens with one attached hydrogen (secondary N) is 2. The fraction of sp³-hybridized carbons (Fsp3) is 0.500. The molecule has 5 heteroatoms. The second-order valence-electron chi connectivity index (χ2n) is 5.11. The van der Waals surface area contributed by atoms with Crippen LogP contribution >= 0.6 is 0 Å². The summed E-state index contributed by atoms with van der Waals surface area (Å²) in [6.45, 7) is 0.996. The van der Waals surface area contributed by atoms with Gasteiger partial charge in [-0.2, -0.15) is 0 Å². The molecule has 104 valence electrons. The molecule has 1 aromatic rings. The maximum absolute atomic E-state index is 13.3. The first-order valence-electron chi connectivity index (χ1n) is 6.51. The Labute approximate surface area is 112 Å². The van der Waals surface area contributed by atoms with Crippen LogP contribution in [0.25, 0.3) is 0 Å². The van der Waals surface area contributed by atoms with E-state index in [1.54, 1.807) is 18.2 Å². The second kappa shape index (κ2) is 6.02. The van der Waals surface area contributed by atoms with Crippen molar-refractivity contribution < 1.29 is 14.3 Å². The zero-order valence-corrected chi connectivity index (χ0v) is 10.8. The highest BCUT2D eigenvalue weighted by atomic mass is 19.1. The van der Waals surface area contributed by atoms with Crippen molar-refractivity contribution in [3.8, 4) is 0 Å². The minimum atomic E-state index is -0.268. The number of hydrogen-bond donors (Lipinski definition) is 3. The first-order valence-corrected chi connectivity index (χ1v) is 6.51. The van der Waals surface area contributed by atoms with Crippen molar-refractivity contribution in [3.63, 3.8) is 0 Å². The molecule has 0 spiro atoms. The summed E-state index contributed by atoms with van der Waals surface area (Å²) in [6.07, 6.45) is 2.38. The maximum Gasteiger partial charge on any atom is 0.314 e. The topological polar surface area (TPSA) is 61.4 Å². The van der Waals surface area contributed by atoms with E-state index >= 15 is 0 Å². The quantitative estimate of drug-likeness (QED) is 0.729. The van der Waals surface area contributed by atoms with Gasteiger partial charge in [-0.1, -0.05) is 18.2 Å². The van der Waals surface area contributed by atoms with Gasteiger partial charge in [0.1, 0.15) is 5.82 Å². The summed E-state index contributed by atoms with van der Waals surface area (Å²) in [6, 6.07) is 6.27. The molecule has 0 aromatic heterocycles. The van der Waals surface area contributed by atoms with Gasteiger partial charge < -0.3 is 15.7 Å². The van der Waals surface area contributed by atoms with Crippen LogP contribution in [0.15, 0.2) is 24.3 Å². The van der Waals surface area contributed by atoms with E-state index in [0.717, 1.165) is 12.8 Å². The van der Waals surface area contributed by atoms with Gasteiger partial charge in [0.15, 0.2) is 0 Å². The SMILES string of the molecule is O=C(NCCc1ccccc1F)NCC1(CO)CC1. The standard InChI is InChI=1S/C14H19FN2O2/c15-12-4-2-1-3-11(12)5-8-16-13(19)17-9-14(10-18)6-7-14/h1-4,18H,5-10H2,(H2,16,17,19). The molecule has 4 nitrogen and oxygen atoms in total. The summed E-state index contributed by atoms with van der Waals surface area (Å²) >= 11 is 0. The van der Waals surface area contributed by atoms with Gasteiger partial charge in [-0.15, -0.1) is 0 Å². The van der Waals surface area contributed by atoms with Crippen LogP contribution in [0.5, 0.6) is 0 Å². The second-order valence-corrected chi connectivity index (χ2v) is 5.11. The van der Waals surface area contributed by atoms with E-state index in [4.69, 9.17) is 5.11 Å². The van der Waals surface area contributed by atoms with Crippen molar-refractivity contribution in [3.05, 3.63) is 35.6 Å². The molecular formula is C14H19FN2O2. The molecule has 0 radical (unpaired) electrons. The molecule has 0 saturated heterocycles. The predicted octanol–water partition coefficient (Wildman–Crippen LogP) is 1.44. The van der Waals surface area contributed by atoms with Crippen molar-refractivity contribution in [2.45, 2.75) is 19.3 Å². The highest BCUT2D eigenvalue weighted by Gasteiger charge is 2.41. The van der Waals surface area contributed by atoms with Crippen LogP contribution in [0.1, 0.15) is 18.4 Å². The first kappa shape index (κ1) is 13.8.